The molecule has 0 unspecified atom stereocenters. The Bertz CT molecular complexity index is 940. The molecular weight excluding hydrogens is 366 g/mol. The van der Waals surface area contributed by atoms with Crippen molar-refractivity contribution in [3.8, 4) is 11.5 Å². The summed E-state index contributed by atoms with van der Waals surface area (Å²) in [6, 6.07) is 11.3. The number of carbonyl (C=O) groups is 1. The Hall–Kier alpha value is -2.99. The summed E-state index contributed by atoms with van der Waals surface area (Å²) in [7, 11) is 0. The molecular formula is C20H18ClN3O3. The molecule has 2 aromatic carbocycles. The lowest BCUT2D eigenvalue weighted by Gasteiger charge is -2.20. The van der Waals surface area contributed by atoms with Crippen LogP contribution in [0.2, 0.25) is 5.02 Å². The fourth-order valence-corrected chi connectivity index (χ4v) is 3.15. The number of nitrogens with one attached hydrogen (secondary N) is 1. The van der Waals surface area contributed by atoms with E-state index in [-0.39, 0.29) is 5.91 Å². The predicted molar refractivity (Wildman–Crippen MR) is 101 cm³/mol. The third kappa shape index (κ3) is 4.06. The van der Waals surface area contributed by atoms with E-state index in [1.165, 1.54) is 5.56 Å². The number of rotatable bonds is 5. The minimum absolute atomic E-state index is 0.212. The Morgan fingerprint density at radius 1 is 1.15 bits per heavy atom. The van der Waals surface area contributed by atoms with E-state index in [0.29, 0.717) is 41.8 Å². The summed E-state index contributed by atoms with van der Waals surface area (Å²) in [5.74, 6) is 0.784. The second-order valence-corrected chi connectivity index (χ2v) is 6.62. The zero-order valence-corrected chi connectivity index (χ0v) is 15.3. The van der Waals surface area contributed by atoms with Crippen LogP contribution >= 0.6 is 11.6 Å². The quantitative estimate of drug-likeness (QED) is 0.734. The number of ether oxygens (including phenoxy) is 2. The summed E-state index contributed by atoms with van der Waals surface area (Å²) in [6.07, 6.45) is 5.47. The van der Waals surface area contributed by atoms with Gasteiger partial charge >= 0.3 is 0 Å². The van der Waals surface area contributed by atoms with Gasteiger partial charge in [0, 0.05) is 31.0 Å². The molecule has 2 heterocycles. The summed E-state index contributed by atoms with van der Waals surface area (Å²) >= 11 is 6.19. The SMILES string of the molecule is O=C(NCc1ccc(Cn2ccnc2)cc1)c1cc(Cl)c2c(c1)OCCO2. The smallest absolute Gasteiger partial charge is 0.251 e. The van der Waals surface area contributed by atoms with Crippen molar-refractivity contribution in [1.29, 1.82) is 0 Å². The molecule has 1 aromatic heterocycles. The molecule has 1 N–H and O–H groups in total. The first-order chi connectivity index (χ1) is 13.2. The largest absolute Gasteiger partial charge is 0.486 e. The van der Waals surface area contributed by atoms with Crippen LogP contribution in [0.3, 0.4) is 0 Å². The molecule has 0 saturated heterocycles. The molecule has 138 valence electrons. The van der Waals surface area contributed by atoms with Gasteiger partial charge in [-0.2, -0.15) is 0 Å². The van der Waals surface area contributed by atoms with Gasteiger partial charge in [-0.15, -0.1) is 0 Å². The zero-order valence-electron chi connectivity index (χ0n) is 14.5. The van der Waals surface area contributed by atoms with Crippen molar-refractivity contribution in [3.05, 3.63) is 76.8 Å². The van der Waals surface area contributed by atoms with E-state index >= 15 is 0 Å². The predicted octanol–water partition coefficient (Wildman–Crippen LogP) is 3.29. The average Bonchev–Trinajstić information content (AvgIpc) is 3.20. The van der Waals surface area contributed by atoms with Gasteiger partial charge in [0.15, 0.2) is 11.5 Å². The Morgan fingerprint density at radius 3 is 2.70 bits per heavy atom. The van der Waals surface area contributed by atoms with E-state index in [9.17, 15) is 4.79 Å². The van der Waals surface area contributed by atoms with Gasteiger partial charge in [0.1, 0.15) is 13.2 Å². The maximum atomic E-state index is 12.5. The molecule has 27 heavy (non-hydrogen) atoms. The van der Waals surface area contributed by atoms with Crippen molar-refractivity contribution in [1.82, 2.24) is 14.9 Å². The van der Waals surface area contributed by atoms with E-state index in [2.05, 4.69) is 10.3 Å². The van der Waals surface area contributed by atoms with E-state index < -0.39 is 0 Å². The van der Waals surface area contributed by atoms with E-state index in [1.54, 1.807) is 24.7 Å². The summed E-state index contributed by atoms with van der Waals surface area (Å²) in [6.45, 7) is 2.09. The number of fused-ring (bicyclic) bond motifs is 1. The molecule has 0 spiro atoms. The van der Waals surface area contributed by atoms with E-state index in [4.69, 9.17) is 21.1 Å². The second kappa shape index (κ2) is 7.72. The van der Waals surface area contributed by atoms with Crippen molar-refractivity contribution in [2.75, 3.05) is 13.2 Å². The molecule has 1 aliphatic rings. The molecule has 0 radical (unpaired) electrons. The fraction of sp³-hybridized carbons (Fsp3) is 0.200. The van der Waals surface area contributed by atoms with Crippen molar-refractivity contribution in [2.45, 2.75) is 13.1 Å². The second-order valence-electron chi connectivity index (χ2n) is 6.22. The standard InChI is InChI=1S/C20H18ClN3O3/c21-17-9-16(10-18-19(17)27-8-7-26-18)20(25)23-11-14-1-3-15(4-2-14)12-24-6-5-22-13-24/h1-6,9-10,13H,7-8,11-12H2,(H,23,25). The monoisotopic (exact) mass is 383 g/mol. The number of imidazole rings is 1. The number of nitrogens with zero attached hydrogens (tertiary/aromatic N) is 2. The van der Waals surface area contributed by atoms with Crippen LogP contribution in [0, 0.1) is 0 Å². The van der Waals surface area contributed by atoms with Crippen molar-refractivity contribution in [3.63, 3.8) is 0 Å². The van der Waals surface area contributed by atoms with Crippen LogP contribution in [0.15, 0.2) is 55.1 Å². The number of carbonyl (C=O) groups excluding carboxylic acids is 1. The Balaban J connectivity index is 1.38. The highest BCUT2D eigenvalue weighted by atomic mass is 35.5. The molecule has 0 bridgehead atoms. The first-order valence-corrected chi connectivity index (χ1v) is 8.98. The minimum Gasteiger partial charge on any atom is -0.486 e. The molecule has 6 nitrogen and oxygen atoms in total. The third-order valence-electron chi connectivity index (χ3n) is 4.26. The highest BCUT2D eigenvalue weighted by Gasteiger charge is 2.19. The first kappa shape index (κ1) is 17.4. The molecule has 0 atom stereocenters. The van der Waals surface area contributed by atoms with Gasteiger partial charge in [-0.05, 0) is 23.3 Å². The number of halogens is 1. The minimum atomic E-state index is -0.212. The zero-order chi connectivity index (χ0) is 18.6. The number of benzene rings is 2. The highest BCUT2D eigenvalue weighted by molar-refractivity contribution is 6.32. The van der Waals surface area contributed by atoms with Crippen LogP contribution in [-0.4, -0.2) is 28.7 Å². The highest BCUT2D eigenvalue weighted by Crippen LogP contribution is 2.38. The molecule has 7 heteroatoms. The van der Waals surface area contributed by atoms with Crippen LogP contribution in [0.1, 0.15) is 21.5 Å². The molecule has 0 aliphatic carbocycles. The number of hydrogen-bond donors (Lipinski definition) is 1. The van der Waals surface area contributed by atoms with Gasteiger partial charge in [-0.1, -0.05) is 35.9 Å². The number of aromatic nitrogens is 2. The van der Waals surface area contributed by atoms with Gasteiger partial charge in [0.25, 0.3) is 5.91 Å². The Kier molecular flexibility index (Phi) is 4.98. The van der Waals surface area contributed by atoms with Crippen molar-refractivity contribution >= 4 is 17.5 Å². The molecule has 0 fully saturated rings. The van der Waals surface area contributed by atoms with Gasteiger partial charge in [-0.3, -0.25) is 4.79 Å². The maximum Gasteiger partial charge on any atom is 0.251 e. The third-order valence-corrected chi connectivity index (χ3v) is 4.54. The summed E-state index contributed by atoms with van der Waals surface area (Å²) < 4.78 is 13.0. The normalized spacial score (nSPS) is 12.6. The van der Waals surface area contributed by atoms with Gasteiger partial charge in [0.05, 0.1) is 11.3 Å². The van der Waals surface area contributed by atoms with E-state index in [1.807, 2.05) is 35.0 Å². The average molecular weight is 384 g/mol. The molecule has 0 saturated carbocycles. The lowest BCUT2D eigenvalue weighted by atomic mass is 10.1. The first-order valence-electron chi connectivity index (χ1n) is 8.60. The molecule has 1 amide bonds. The van der Waals surface area contributed by atoms with Crippen molar-refractivity contribution in [2.24, 2.45) is 0 Å². The summed E-state index contributed by atoms with van der Waals surface area (Å²) in [5, 5.41) is 3.28. The van der Waals surface area contributed by atoms with Crippen LogP contribution < -0.4 is 14.8 Å². The Morgan fingerprint density at radius 2 is 1.93 bits per heavy atom. The van der Waals surface area contributed by atoms with Gasteiger partial charge in [-0.25, -0.2) is 4.98 Å². The van der Waals surface area contributed by atoms with Crippen molar-refractivity contribution < 1.29 is 14.3 Å². The molecule has 1 aliphatic heterocycles. The van der Waals surface area contributed by atoms with Crippen LogP contribution in [0.4, 0.5) is 0 Å². The topological polar surface area (TPSA) is 65.4 Å². The lowest BCUT2D eigenvalue weighted by molar-refractivity contribution is 0.0949. The summed E-state index contributed by atoms with van der Waals surface area (Å²) in [5.41, 5.74) is 2.63. The summed E-state index contributed by atoms with van der Waals surface area (Å²) in [4.78, 5) is 16.5. The molecule has 4 rings (SSSR count). The van der Waals surface area contributed by atoms with Crippen LogP contribution in [0.5, 0.6) is 11.5 Å². The fourth-order valence-electron chi connectivity index (χ4n) is 2.88. The lowest BCUT2D eigenvalue weighted by Crippen LogP contribution is -2.23. The van der Waals surface area contributed by atoms with Crippen LogP contribution in [-0.2, 0) is 13.1 Å². The van der Waals surface area contributed by atoms with Gasteiger partial charge in [0.2, 0.25) is 0 Å². The molecule has 3 aromatic rings. The van der Waals surface area contributed by atoms with E-state index in [0.717, 1.165) is 12.1 Å². The Labute approximate surface area is 161 Å². The maximum absolute atomic E-state index is 12.5. The van der Waals surface area contributed by atoms with Gasteiger partial charge < -0.3 is 19.4 Å². The van der Waals surface area contributed by atoms with Crippen LogP contribution in [0.25, 0.3) is 0 Å². The number of amides is 1. The number of hydrogen-bond acceptors (Lipinski definition) is 4.